The van der Waals surface area contributed by atoms with Crippen molar-refractivity contribution in [2.24, 2.45) is 0 Å². The molecule has 0 spiro atoms. The quantitative estimate of drug-likeness (QED) is 0.826. The van der Waals surface area contributed by atoms with E-state index in [1.807, 2.05) is 35.2 Å². The SMILES string of the molecule is CCN(C(=O)CSc1ccccc1)C1CCNC1. The number of benzene rings is 1. The molecule has 1 atom stereocenters. The Kier molecular flexibility index (Phi) is 5.08. The van der Waals surface area contributed by atoms with Crippen LogP contribution in [0, 0.1) is 0 Å². The summed E-state index contributed by atoms with van der Waals surface area (Å²) < 4.78 is 0. The molecule has 1 aliphatic rings. The van der Waals surface area contributed by atoms with E-state index in [-0.39, 0.29) is 5.91 Å². The Balaban J connectivity index is 1.86. The number of hydrogen-bond acceptors (Lipinski definition) is 3. The van der Waals surface area contributed by atoms with Crippen LogP contribution in [0.4, 0.5) is 0 Å². The van der Waals surface area contributed by atoms with Gasteiger partial charge in [-0.1, -0.05) is 18.2 Å². The van der Waals surface area contributed by atoms with Gasteiger partial charge in [0.05, 0.1) is 5.75 Å². The second-order valence-corrected chi connectivity index (χ2v) is 5.48. The fourth-order valence-corrected chi connectivity index (χ4v) is 3.09. The van der Waals surface area contributed by atoms with Gasteiger partial charge in [-0.2, -0.15) is 0 Å². The predicted molar refractivity (Wildman–Crippen MR) is 75.8 cm³/mol. The van der Waals surface area contributed by atoms with Gasteiger partial charge < -0.3 is 10.2 Å². The minimum Gasteiger partial charge on any atom is -0.338 e. The van der Waals surface area contributed by atoms with Gasteiger partial charge in [-0.05, 0) is 32.0 Å². The van der Waals surface area contributed by atoms with Gasteiger partial charge in [-0.3, -0.25) is 4.79 Å². The number of carbonyl (C=O) groups excluding carboxylic acids is 1. The second kappa shape index (κ2) is 6.81. The number of hydrogen-bond donors (Lipinski definition) is 1. The first-order chi connectivity index (χ1) is 8.81. The Morgan fingerprint density at radius 3 is 2.83 bits per heavy atom. The van der Waals surface area contributed by atoms with Gasteiger partial charge in [-0.15, -0.1) is 11.8 Å². The van der Waals surface area contributed by atoms with Crippen LogP contribution in [0.1, 0.15) is 13.3 Å². The monoisotopic (exact) mass is 264 g/mol. The van der Waals surface area contributed by atoms with Crippen LogP contribution in [-0.2, 0) is 4.79 Å². The third-order valence-electron chi connectivity index (χ3n) is 3.24. The number of likely N-dealkylation sites (N-methyl/N-ethyl adjacent to an activating group) is 1. The number of nitrogens with one attached hydrogen (secondary N) is 1. The summed E-state index contributed by atoms with van der Waals surface area (Å²) in [4.78, 5) is 15.4. The molecule has 1 aromatic carbocycles. The molecule has 18 heavy (non-hydrogen) atoms. The molecule has 98 valence electrons. The van der Waals surface area contributed by atoms with Crippen molar-refractivity contribution in [2.45, 2.75) is 24.3 Å². The van der Waals surface area contributed by atoms with Crippen molar-refractivity contribution in [3.63, 3.8) is 0 Å². The summed E-state index contributed by atoms with van der Waals surface area (Å²) >= 11 is 1.62. The molecular formula is C14H20N2OS. The van der Waals surface area contributed by atoms with E-state index in [2.05, 4.69) is 12.2 Å². The van der Waals surface area contributed by atoms with Gasteiger partial charge >= 0.3 is 0 Å². The maximum atomic E-state index is 12.2. The van der Waals surface area contributed by atoms with Crippen LogP contribution in [0.25, 0.3) is 0 Å². The lowest BCUT2D eigenvalue weighted by atomic mass is 10.2. The Morgan fingerprint density at radius 2 is 2.22 bits per heavy atom. The number of amides is 1. The zero-order valence-electron chi connectivity index (χ0n) is 10.8. The molecule has 0 aliphatic carbocycles. The zero-order valence-corrected chi connectivity index (χ0v) is 11.6. The molecule has 0 aromatic heterocycles. The molecule has 1 aliphatic heterocycles. The van der Waals surface area contributed by atoms with E-state index in [0.717, 1.165) is 31.0 Å². The summed E-state index contributed by atoms with van der Waals surface area (Å²) in [6.07, 6.45) is 1.08. The highest BCUT2D eigenvalue weighted by Gasteiger charge is 2.24. The zero-order chi connectivity index (χ0) is 12.8. The molecule has 0 saturated carbocycles. The molecule has 0 bridgehead atoms. The number of carbonyl (C=O) groups is 1. The van der Waals surface area contributed by atoms with Crippen molar-refractivity contribution in [1.29, 1.82) is 0 Å². The maximum absolute atomic E-state index is 12.2. The van der Waals surface area contributed by atoms with Gasteiger partial charge in [-0.25, -0.2) is 0 Å². The Labute approximate surface area is 113 Å². The van der Waals surface area contributed by atoms with Gasteiger partial charge in [0.15, 0.2) is 0 Å². The molecule has 0 radical (unpaired) electrons. The lowest BCUT2D eigenvalue weighted by Crippen LogP contribution is -2.42. The number of nitrogens with zero attached hydrogens (tertiary/aromatic N) is 1. The van der Waals surface area contributed by atoms with Crippen molar-refractivity contribution in [3.8, 4) is 0 Å². The van der Waals surface area contributed by atoms with Gasteiger partial charge in [0.2, 0.25) is 5.91 Å². The normalized spacial score (nSPS) is 18.8. The molecule has 1 saturated heterocycles. The molecule has 1 amide bonds. The van der Waals surface area contributed by atoms with Crippen LogP contribution in [0.3, 0.4) is 0 Å². The Hall–Kier alpha value is -1.00. The molecule has 4 heteroatoms. The third kappa shape index (κ3) is 3.50. The van der Waals surface area contributed by atoms with Crippen LogP contribution < -0.4 is 5.32 Å². The molecule has 2 rings (SSSR count). The summed E-state index contributed by atoms with van der Waals surface area (Å²) in [5.41, 5.74) is 0. The standard InChI is InChI=1S/C14H20N2OS/c1-2-16(12-8-9-15-10-12)14(17)11-18-13-6-4-3-5-7-13/h3-7,12,15H,2,8-11H2,1H3. The van der Waals surface area contributed by atoms with E-state index in [4.69, 9.17) is 0 Å². The average Bonchev–Trinajstić information content (AvgIpc) is 2.92. The molecule has 1 fully saturated rings. The van der Waals surface area contributed by atoms with Gasteiger partial charge in [0.25, 0.3) is 0 Å². The highest BCUT2D eigenvalue weighted by atomic mass is 32.2. The van der Waals surface area contributed by atoms with Crippen LogP contribution in [0.5, 0.6) is 0 Å². The summed E-state index contributed by atoms with van der Waals surface area (Å²) in [5, 5.41) is 3.32. The maximum Gasteiger partial charge on any atom is 0.233 e. The van der Waals surface area contributed by atoms with Crippen molar-refractivity contribution in [3.05, 3.63) is 30.3 Å². The van der Waals surface area contributed by atoms with E-state index in [1.165, 1.54) is 0 Å². The largest absolute Gasteiger partial charge is 0.338 e. The predicted octanol–water partition coefficient (Wildman–Crippen LogP) is 1.99. The van der Waals surface area contributed by atoms with Crippen LogP contribution in [-0.4, -0.2) is 42.2 Å². The minimum atomic E-state index is 0.250. The van der Waals surface area contributed by atoms with E-state index < -0.39 is 0 Å². The first-order valence-corrected chi connectivity index (χ1v) is 7.48. The van der Waals surface area contributed by atoms with E-state index in [1.54, 1.807) is 11.8 Å². The van der Waals surface area contributed by atoms with Crippen molar-refractivity contribution < 1.29 is 4.79 Å². The first-order valence-electron chi connectivity index (χ1n) is 6.49. The van der Waals surface area contributed by atoms with E-state index >= 15 is 0 Å². The average molecular weight is 264 g/mol. The van der Waals surface area contributed by atoms with Crippen molar-refractivity contribution in [2.75, 3.05) is 25.4 Å². The second-order valence-electron chi connectivity index (χ2n) is 4.43. The van der Waals surface area contributed by atoms with Gasteiger partial charge in [0, 0.05) is 24.0 Å². The molecule has 1 N–H and O–H groups in total. The summed E-state index contributed by atoms with van der Waals surface area (Å²) in [5.74, 6) is 0.786. The molecule has 3 nitrogen and oxygen atoms in total. The fourth-order valence-electron chi connectivity index (χ4n) is 2.29. The minimum absolute atomic E-state index is 0.250. The van der Waals surface area contributed by atoms with Crippen molar-refractivity contribution in [1.82, 2.24) is 10.2 Å². The topological polar surface area (TPSA) is 32.3 Å². The van der Waals surface area contributed by atoms with Crippen LogP contribution in [0.15, 0.2) is 35.2 Å². The van der Waals surface area contributed by atoms with Crippen molar-refractivity contribution >= 4 is 17.7 Å². The molecule has 1 unspecified atom stereocenters. The number of thioether (sulfide) groups is 1. The summed E-state index contributed by atoms with van der Waals surface area (Å²) in [6, 6.07) is 10.5. The third-order valence-corrected chi connectivity index (χ3v) is 4.24. The molecule has 1 aromatic rings. The molecular weight excluding hydrogens is 244 g/mol. The van der Waals surface area contributed by atoms with Crippen LogP contribution in [0.2, 0.25) is 0 Å². The summed E-state index contributed by atoms with van der Waals surface area (Å²) in [7, 11) is 0. The highest BCUT2D eigenvalue weighted by molar-refractivity contribution is 8.00. The molecule has 1 heterocycles. The lowest BCUT2D eigenvalue weighted by Gasteiger charge is -2.27. The summed E-state index contributed by atoms with van der Waals surface area (Å²) in [6.45, 7) is 4.83. The van der Waals surface area contributed by atoms with Crippen LogP contribution >= 0.6 is 11.8 Å². The van der Waals surface area contributed by atoms with E-state index in [0.29, 0.717) is 11.8 Å². The smallest absolute Gasteiger partial charge is 0.233 e. The highest BCUT2D eigenvalue weighted by Crippen LogP contribution is 2.18. The fraction of sp³-hybridized carbons (Fsp3) is 0.500. The lowest BCUT2D eigenvalue weighted by molar-refractivity contribution is -0.130. The Bertz CT molecular complexity index is 377. The van der Waals surface area contributed by atoms with E-state index in [9.17, 15) is 4.79 Å². The first kappa shape index (κ1) is 13.4. The number of rotatable bonds is 5. The Morgan fingerprint density at radius 1 is 1.44 bits per heavy atom. The van der Waals surface area contributed by atoms with Gasteiger partial charge in [0.1, 0.15) is 0 Å².